The molecule has 0 aromatic rings. The third kappa shape index (κ3) is 38.0. The van der Waals surface area contributed by atoms with Gasteiger partial charge in [-0.25, -0.2) is 0 Å². The van der Waals surface area contributed by atoms with Gasteiger partial charge in [-0.1, -0.05) is 184 Å². The van der Waals surface area contributed by atoms with E-state index >= 15 is 0 Å². The minimum absolute atomic E-state index is 0.0399. The number of esters is 1. The Morgan fingerprint density at radius 3 is 1.53 bits per heavy atom. The average Bonchev–Trinajstić information content (AvgIpc) is 3.36. The SMILES string of the molecule is CCCCC/C=C\CCCCCCCC(=O)OCCCCC/C=C\C=C/CCCCCCCCCCCCC(=O)NC(COC1OC(CO)C(O)C(O)C1O)C(O)/C=C/CC/C=C/CCCCCCC. The standard InChI is InChI=1S/C59H105NO10/c1-3-5-7-9-11-13-15-27-31-35-39-43-47-55(64)68-48-44-40-36-32-28-24-22-20-18-16-17-19-21-23-26-30-34-38-42-46-54(63)60-51(50-69-59-58(67)57(66)56(65)53(49-61)70-59)52(62)45-41-37-33-29-25-14-12-10-8-6-4-2/h11,13,20,22,24-25,28-29,41,45,51-53,56-59,61-62,65-67H,3-10,12,14-19,21,23,26-27,30-40,42-44,46-50H2,1-2H3,(H,60,63)/b13-11-,22-20-,28-24-,29-25+,45-41+. The molecule has 7 atom stereocenters. The second-order valence-electron chi connectivity index (χ2n) is 19.6. The number of aliphatic hydroxyl groups excluding tert-OH is 5. The van der Waals surface area contributed by atoms with Crippen molar-refractivity contribution in [2.24, 2.45) is 0 Å². The summed E-state index contributed by atoms with van der Waals surface area (Å²) in [5, 5.41) is 54.2. The monoisotopic (exact) mass is 988 g/mol. The van der Waals surface area contributed by atoms with Crippen LogP contribution in [0.15, 0.2) is 60.8 Å². The minimum Gasteiger partial charge on any atom is -0.466 e. The van der Waals surface area contributed by atoms with Crippen molar-refractivity contribution in [2.45, 2.75) is 281 Å². The minimum atomic E-state index is -1.58. The molecular formula is C59H105NO10. The van der Waals surface area contributed by atoms with Crippen molar-refractivity contribution in [1.29, 1.82) is 0 Å². The third-order valence-electron chi connectivity index (χ3n) is 13.1. The first-order chi connectivity index (χ1) is 34.2. The van der Waals surface area contributed by atoms with Gasteiger partial charge in [-0.3, -0.25) is 9.59 Å². The number of aliphatic hydroxyl groups is 5. The van der Waals surface area contributed by atoms with Crippen LogP contribution in [0, 0.1) is 0 Å². The van der Waals surface area contributed by atoms with Crippen molar-refractivity contribution in [3.63, 3.8) is 0 Å². The quantitative estimate of drug-likeness (QED) is 0.0149. The number of hydrogen-bond donors (Lipinski definition) is 6. The fraction of sp³-hybridized carbons (Fsp3) is 0.797. The molecule has 1 aliphatic heterocycles. The number of allylic oxidation sites excluding steroid dienone is 9. The molecule has 1 fully saturated rings. The lowest BCUT2D eigenvalue weighted by atomic mass is 9.99. The molecule has 0 aromatic carbocycles. The van der Waals surface area contributed by atoms with E-state index in [0.717, 1.165) is 89.9 Å². The summed E-state index contributed by atoms with van der Waals surface area (Å²) in [5.74, 6) is -0.245. The highest BCUT2D eigenvalue weighted by Gasteiger charge is 2.44. The van der Waals surface area contributed by atoms with Crippen LogP contribution in [0.1, 0.15) is 239 Å². The maximum atomic E-state index is 13.0. The largest absolute Gasteiger partial charge is 0.466 e. The van der Waals surface area contributed by atoms with E-state index < -0.39 is 49.5 Å². The van der Waals surface area contributed by atoms with E-state index in [0.29, 0.717) is 19.4 Å². The number of amides is 1. The number of unbranched alkanes of at least 4 members (excludes halogenated alkanes) is 27. The van der Waals surface area contributed by atoms with E-state index in [9.17, 15) is 35.1 Å². The van der Waals surface area contributed by atoms with E-state index in [1.165, 1.54) is 122 Å². The summed E-state index contributed by atoms with van der Waals surface area (Å²) in [7, 11) is 0. The van der Waals surface area contributed by atoms with Crippen molar-refractivity contribution in [1.82, 2.24) is 5.32 Å². The van der Waals surface area contributed by atoms with Gasteiger partial charge in [0.2, 0.25) is 5.91 Å². The van der Waals surface area contributed by atoms with Gasteiger partial charge >= 0.3 is 5.97 Å². The second-order valence-corrected chi connectivity index (χ2v) is 19.6. The summed E-state index contributed by atoms with van der Waals surface area (Å²) >= 11 is 0. The van der Waals surface area contributed by atoms with Crippen molar-refractivity contribution in [3.05, 3.63) is 60.8 Å². The molecule has 1 heterocycles. The molecule has 1 saturated heterocycles. The van der Waals surface area contributed by atoms with Gasteiger partial charge in [0, 0.05) is 12.8 Å². The summed E-state index contributed by atoms with van der Waals surface area (Å²) < 4.78 is 16.6. The Bertz CT molecular complexity index is 1350. The average molecular weight is 988 g/mol. The Hall–Kier alpha value is -2.64. The third-order valence-corrected chi connectivity index (χ3v) is 13.1. The highest BCUT2D eigenvalue weighted by Crippen LogP contribution is 2.23. The first-order valence-electron chi connectivity index (χ1n) is 28.6. The first-order valence-corrected chi connectivity index (χ1v) is 28.6. The first kappa shape index (κ1) is 65.4. The highest BCUT2D eigenvalue weighted by atomic mass is 16.7. The Morgan fingerprint density at radius 2 is 0.971 bits per heavy atom. The number of ether oxygens (including phenoxy) is 3. The molecule has 11 nitrogen and oxygen atoms in total. The molecule has 0 saturated carbocycles. The highest BCUT2D eigenvalue weighted by molar-refractivity contribution is 5.76. The van der Waals surface area contributed by atoms with E-state index in [1.807, 2.05) is 6.08 Å². The van der Waals surface area contributed by atoms with Gasteiger partial charge in [-0.15, -0.1) is 0 Å². The smallest absolute Gasteiger partial charge is 0.305 e. The molecule has 406 valence electrons. The van der Waals surface area contributed by atoms with Gasteiger partial charge in [0.25, 0.3) is 0 Å². The number of carbonyl (C=O) groups is 2. The normalized spacial score (nSPS) is 19.7. The Labute approximate surface area is 427 Å². The topological polar surface area (TPSA) is 175 Å². The van der Waals surface area contributed by atoms with Crippen LogP contribution in [-0.2, 0) is 23.8 Å². The molecule has 1 aliphatic rings. The summed E-state index contributed by atoms with van der Waals surface area (Å²) in [4.78, 5) is 25.0. The van der Waals surface area contributed by atoms with E-state index in [4.69, 9.17) is 14.2 Å². The predicted molar refractivity (Wildman–Crippen MR) is 287 cm³/mol. The Kier molecular flexibility index (Phi) is 45.4. The zero-order valence-electron chi connectivity index (χ0n) is 44.5. The summed E-state index contributed by atoms with van der Waals surface area (Å²) in [6.45, 7) is 4.21. The van der Waals surface area contributed by atoms with Gasteiger partial charge < -0.3 is 45.1 Å². The fourth-order valence-corrected chi connectivity index (χ4v) is 8.49. The van der Waals surface area contributed by atoms with Crippen LogP contribution in [-0.4, -0.2) is 100 Å². The lowest BCUT2D eigenvalue weighted by Crippen LogP contribution is -2.60. The lowest BCUT2D eigenvalue weighted by molar-refractivity contribution is -0.302. The van der Waals surface area contributed by atoms with Crippen LogP contribution in [0.3, 0.4) is 0 Å². The van der Waals surface area contributed by atoms with Gasteiger partial charge in [-0.2, -0.15) is 0 Å². The van der Waals surface area contributed by atoms with Crippen LogP contribution >= 0.6 is 0 Å². The number of rotatable bonds is 48. The van der Waals surface area contributed by atoms with Gasteiger partial charge in [0.15, 0.2) is 6.29 Å². The van der Waals surface area contributed by atoms with E-state index in [2.05, 4.69) is 67.8 Å². The Morgan fingerprint density at radius 1 is 0.529 bits per heavy atom. The van der Waals surface area contributed by atoms with E-state index in [-0.39, 0.29) is 18.5 Å². The molecule has 1 amide bonds. The van der Waals surface area contributed by atoms with Crippen molar-refractivity contribution in [2.75, 3.05) is 19.8 Å². The van der Waals surface area contributed by atoms with Crippen LogP contribution in [0.2, 0.25) is 0 Å². The molecule has 0 spiro atoms. The second kappa shape index (κ2) is 48.6. The molecule has 1 rings (SSSR count). The maximum Gasteiger partial charge on any atom is 0.305 e. The van der Waals surface area contributed by atoms with Gasteiger partial charge in [-0.05, 0) is 103 Å². The molecule has 6 N–H and O–H groups in total. The number of hydrogen-bond acceptors (Lipinski definition) is 10. The summed E-state index contributed by atoms with van der Waals surface area (Å²) in [6.07, 6.45) is 51.7. The van der Waals surface area contributed by atoms with Crippen molar-refractivity contribution >= 4 is 11.9 Å². The van der Waals surface area contributed by atoms with Crippen LogP contribution in [0.5, 0.6) is 0 Å². The molecule has 0 bridgehead atoms. The van der Waals surface area contributed by atoms with E-state index in [1.54, 1.807) is 6.08 Å². The van der Waals surface area contributed by atoms with Crippen LogP contribution in [0.4, 0.5) is 0 Å². The summed E-state index contributed by atoms with van der Waals surface area (Å²) in [6, 6.07) is -0.836. The zero-order chi connectivity index (χ0) is 51.0. The fourth-order valence-electron chi connectivity index (χ4n) is 8.49. The van der Waals surface area contributed by atoms with Crippen molar-refractivity contribution < 1.29 is 49.3 Å². The molecule has 0 aromatic heterocycles. The summed E-state index contributed by atoms with van der Waals surface area (Å²) in [5.41, 5.74) is 0. The van der Waals surface area contributed by atoms with Crippen molar-refractivity contribution in [3.8, 4) is 0 Å². The van der Waals surface area contributed by atoms with Crippen LogP contribution in [0.25, 0.3) is 0 Å². The molecule has 70 heavy (non-hydrogen) atoms. The number of carbonyl (C=O) groups excluding carboxylic acids is 2. The predicted octanol–water partition coefficient (Wildman–Crippen LogP) is 12.7. The molecular weight excluding hydrogens is 883 g/mol. The molecule has 7 unspecified atom stereocenters. The zero-order valence-corrected chi connectivity index (χ0v) is 44.5. The Balaban J connectivity index is 2.12. The lowest BCUT2D eigenvalue weighted by Gasteiger charge is -2.40. The molecule has 11 heteroatoms. The van der Waals surface area contributed by atoms with Crippen LogP contribution < -0.4 is 5.32 Å². The maximum absolute atomic E-state index is 13.0. The molecule has 0 radical (unpaired) electrons. The number of nitrogens with one attached hydrogen (secondary N) is 1. The molecule has 0 aliphatic carbocycles. The van der Waals surface area contributed by atoms with Gasteiger partial charge in [0.1, 0.15) is 24.4 Å². The van der Waals surface area contributed by atoms with Gasteiger partial charge in [0.05, 0.1) is 32.0 Å².